The Labute approximate surface area is 237 Å². The largest absolute Gasteiger partial charge is 0.453 e. The molecule has 0 amide bonds. The molecule has 0 spiro atoms. The average Bonchev–Trinajstić information content (AvgIpc) is 3.57. The molecule has 0 saturated heterocycles. The van der Waals surface area contributed by atoms with E-state index in [9.17, 15) is 4.39 Å². The summed E-state index contributed by atoms with van der Waals surface area (Å²) in [6, 6.07) is 22.4. The number of nitrogens with zero attached hydrogens (tertiary/aromatic N) is 3. The lowest BCUT2D eigenvalue weighted by Gasteiger charge is -2.13. The number of aryl methyl sites for hydroxylation is 3. The lowest BCUT2D eigenvalue weighted by molar-refractivity contribution is 0.479. The van der Waals surface area contributed by atoms with Crippen molar-refractivity contribution in [1.29, 1.82) is 0 Å². The molecule has 6 rings (SSSR count). The van der Waals surface area contributed by atoms with E-state index >= 15 is 0 Å². The van der Waals surface area contributed by atoms with E-state index < -0.39 is 0 Å². The van der Waals surface area contributed by atoms with Gasteiger partial charge in [0.1, 0.15) is 11.6 Å². The molecular weight excluding hydrogens is 548 g/mol. The zero-order valence-corrected chi connectivity index (χ0v) is 23.4. The van der Waals surface area contributed by atoms with Gasteiger partial charge >= 0.3 is 0 Å². The highest BCUT2D eigenvalue weighted by atomic mass is 32.2. The van der Waals surface area contributed by atoms with E-state index in [0.717, 1.165) is 43.7 Å². The molecule has 0 aliphatic carbocycles. The minimum absolute atomic E-state index is 0.318. The number of thiophene rings is 1. The first-order chi connectivity index (χ1) is 19.1. The maximum Gasteiger partial charge on any atom is 0.188 e. The third-order valence-electron chi connectivity index (χ3n) is 5.89. The maximum absolute atomic E-state index is 13.5. The van der Waals surface area contributed by atoms with Crippen LogP contribution in [-0.2, 0) is 12.8 Å². The van der Waals surface area contributed by atoms with E-state index in [4.69, 9.17) is 14.7 Å². The summed E-state index contributed by atoms with van der Waals surface area (Å²) in [7, 11) is 0. The summed E-state index contributed by atoms with van der Waals surface area (Å²) in [6.07, 6.45) is 5.43. The second-order valence-electron chi connectivity index (χ2n) is 8.81. The Bertz CT molecular complexity index is 1720. The zero-order valence-electron chi connectivity index (χ0n) is 20.9. The normalized spacial score (nSPS) is 11.1. The van der Waals surface area contributed by atoms with Gasteiger partial charge in [0, 0.05) is 38.5 Å². The average molecular weight is 571 g/mol. The van der Waals surface area contributed by atoms with Crippen molar-refractivity contribution in [2.75, 3.05) is 5.32 Å². The number of anilines is 2. The zero-order chi connectivity index (χ0) is 26.6. The standard InChI is InChI=1S/C30H23FN4OS3/c1-19-15-25-28(38-19)27(13-14-32-25)39-24-16-26(36-23-11-8-21(31)9-12-23)29(33-17-24)35-30-34-22(18-37-30)10-7-20-5-3-2-4-6-20/h2-6,8-9,11-18H,7,10H2,1H3,(H,33,34,35). The van der Waals surface area contributed by atoms with Gasteiger partial charge in [0.25, 0.3) is 0 Å². The first-order valence-electron chi connectivity index (χ1n) is 12.3. The van der Waals surface area contributed by atoms with Gasteiger partial charge in [-0.1, -0.05) is 42.1 Å². The Morgan fingerprint density at radius 2 is 1.82 bits per heavy atom. The number of hydrogen-bond donors (Lipinski definition) is 1. The second-order valence-corrected chi connectivity index (χ2v) is 12.0. The van der Waals surface area contributed by atoms with Crippen LogP contribution in [0, 0.1) is 12.7 Å². The van der Waals surface area contributed by atoms with Gasteiger partial charge in [0.2, 0.25) is 0 Å². The van der Waals surface area contributed by atoms with Gasteiger partial charge < -0.3 is 10.1 Å². The van der Waals surface area contributed by atoms with Gasteiger partial charge in [-0.2, -0.15) is 0 Å². The fraction of sp³-hybridized carbons (Fsp3) is 0.100. The number of nitrogens with one attached hydrogen (secondary N) is 1. The molecule has 0 radical (unpaired) electrons. The molecule has 2 aromatic carbocycles. The number of thiazole rings is 1. The molecule has 0 aliphatic heterocycles. The van der Waals surface area contributed by atoms with Crippen LogP contribution in [0.5, 0.6) is 11.5 Å². The van der Waals surface area contributed by atoms with E-state index in [-0.39, 0.29) is 5.82 Å². The van der Waals surface area contributed by atoms with Crippen LogP contribution in [0.2, 0.25) is 0 Å². The van der Waals surface area contributed by atoms with Gasteiger partial charge in [-0.15, -0.1) is 22.7 Å². The number of halogens is 1. The summed E-state index contributed by atoms with van der Waals surface area (Å²) >= 11 is 4.86. The summed E-state index contributed by atoms with van der Waals surface area (Å²) in [6.45, 7) is 2.09. The molecule has 0 atom stereocenters. The van der Waals surface area contributed by atoms with Crippen LogP contribution >= 0.6 is 34.4 Å². The predicted molar refractivity (Wildman–Crippen MR) is 158 cm³/mol. The lowest BCUT2D eigenvalue weighted by atomic mass is 10.1. The first kappa shape index (κ1) is 25.5. The lowest BCUT2D eigenvalue weighted by Crippen LogP contribution is -1.98. The van der Waals surface area contributed by atoms with E-state index in [1.54, 1.807) is 35.2 Å². The van der Waals surface area contributed by atoms with Gasteiger partial charge in [0.15, 0.2) is 16.7 Å². The molecular formula is C30H23FN4OS3. The summed E-state index contributed by atoms with van der Waals surface area (Å²) < 4.78 is 20.8. The van der Waals surface area contributed by atoms with Crippen LogP contribution in [-0.4, -0.2) is 15.0 Å². The van der Waals surface area contributed by atoms with Crippen molar-refractivity contribution >= 4 is 55.6 Å². The van der Waals surface area contributed by atoms with E-state index in [0.29, 0.717) is 17.3 Å². The van der Waals surface area contributed by atoms with Crippen molar-refractivity contribution in [2.45, 2.75) is 29.6 Å². The Kier molecular flexibility index (Phi) is 7.53. The summed E-state index contributed by atoms with van der Waals surface area (Å²) in [4.78, 5) is 17.2. The highest BCUT2D eigenvalue weighted by Gasteiger charge is 2.14. The number of rotatable bonds is 9. The Morgan fingerprint density at radius 1 is 0.974 bits per heavy atom. The molecule has 39 heavy (non-hydrogen) atoms. The number of ether oxygens (including phenoxy) is 1. The fourth-order valence-corrected chi connectivity index (χ4v) is 6.75. The minimum atomic E-state index is -0.318. The van der Waals surface area contributed by atoms with Gasteiger partial charge in [0.05, 0.1) is 15.9 Å². The molecule has 0 saturated carbocycles. The molecule has 1 N–H and O–H groups in total. The molecule has 0 aliphatic rings. The number of fused-ring (bicyclic) bond motifs is 1. The molecule has 194 valence electrons. The quantitative estimate of drug-likeness (QED) is 0.187. The maximum atomic E-state index is 13.5. The van der Waals surface area contributed by atoms with Crippen LogP contribution in [0.1, 0.15) is 16.1 Å². The van der Waals surface area contributed by atoms with Crippen LogP contribution in [0.4, 0.5) is 15.3 Å². The predicted octanol–water partition coefficient (Wildman–Crippen LogP) is 9.07. The molecule has 0 unspecified atom stereocenters. The minimum Gasteiger partial charge on any atom is -0.453 e. The Morgan fingerprint density at radius 3 is 2.67 bits per heavy atom. The molecule has 6 aromatic rings. The van der Waals surface area contributed by atoms with Crippen molar-refractivity contribution in [3.8, 4) is 11.5 Å². The van der Waals surface area contributed by atoms with E-state index in [2.05, 4.69) is 52.9 Å². The molecule has 4 aromatic heterocycles. The Balaban J connectivity index is 1.25. The van der Waals surface area contributed by atoms with Gasteiger partial charge in [-0.05, 0) is 61.7 Å². The Hall–Kier alpha value is -3.79. The number of aromatic nitrogens is 3. The van der Waals surface area contributed by atoms with E-state index in [1.807, 2.05) is 30.6 Å². The summed E-state index contributed by atoms with van der Waals surface area (Å²) in [5, 5.41) is 6.13. The van der Waals surface area contributed by atoms with Crippen molar-refractivity contribution in [3.63, 3.8) is 0 Å². The number of hydrogen-bond acceptors (Lipinski definition) is 8. The van der Waals surface area contributed by atoms with Crippen LogP contribution in [0.15, 0.2) is 100 Å². The molecule has 0 fully saturated rings. The first-order valence-corrected chi connectivity index (χ1v) is 14.8. The van der Waals surface area contributed by atoms with Crippen molar-refractivity contribution in [1.82, 2.24) is 15.0 Å². The smallest absolute Gasteiger partial charge is 0.188 e. The highest BCUT2D eigenvalue weighted by molar-refractivity contribution is 7.99. The fourth-order valence-electron chi connectivity index (χ4n) is 4.02. The SMILES string of the molecule is Cc1cc2nccc(Sc3cnc(Nc4nc(CCc5ccccc5)cs4)c(Oc4ccc(F)cc4)c3)c2s1. The van der Waals surface area contributed by atoms with Crippen molar-refractivity contribution < 1.29 is 9.13 Å². The van der Waals surface area contributed by atoms with E-state index in [1.165, 1.54) is 33.9 Å². The summed E-state index contributed by atoms with van der Waals surface area (Å²) in [5.41, 5.74) is 3.30. The molecule has 9 heteroatoms. The number of benzene rings is 2. The van der Waals surface area contributed by atoms with Gasteiger partial charge in [-0.25, -0.2) is 14.4 Å². The molecule has 5 nitrogen and oxygen atoms in total. The third-order valence-corrected chi connectivity index (χ3v) is 8.91. The monoisotopic (exact) mass is 570 g/mol. The van der Waals surface area contributed by atoms with Gasteiger partial charge in [-0.3, -0.25) is 4.98 Å². The molecule has 0 bridgehead atoms. The van der Waals surface area contributed by atoms with Crippen LogP contribution < -0.4 is 10.1 Å². The van der Waals surface area contributed by atoms with Crippen molar-refractivity contribution in [2.24, 2.45) is 0 Å². The topological polar surface area (TPSA) is 59.9 Å². The molecule has 4 heterocycles. The van der Waals surface area contributed by atoms with Crippen LogP contribution in [0.3, 0.4) is 0 Å². The number of pyridine rings is 2. The third kappa shape index (κ3) is 6.27. The summed E-state index contributed by atoms with van der Waals surface area (Å²) in [5.74, 6) is 1.27. The van der Waals surface area contributed by atoms with Crippen LogP contribution in [0.25, 0.3) is 10.2 Å². The second kappa shape index (κ2) is 11.5. The van der Waals surface area contributed by atoms with Crippen molar-refractivity contribution in [3.05, 3.63) is 113 Å². The highest BCUT2D eigenvalue weighted by Crippen LogP contribution is 2.40.